The minimum absolute atomic E-state index is 0.0458. The molecule has 1 amide bonds. The molecule has 1 aromatic heterocycles. The van der Waals surface area contributed by atoms with Gasteiger partial charge in [0, 0.05) is 49.1 Å². The number of hydrogen-bond donors (Lipinski definition) is 1. The van der Waals surface area contributed by atoms with Gasteiger partial charge in [0.2, 0.25) is 0 Å². The summed E-state index contributed by atoms with van der Waals surface area (Å²) in [7, 11) is 3.89. The van der Waals surface area contributed by atoms with Crippen LogP contribution in [0.5, 0.6) is 5.75 Å². The van der Waals surface area contributed by atoms with E-state index in [-0.39, 0.29) is 24.3 Å². The molecule has 2 fully saturated rings. The van der Waals surface area contributed by atoms with Crippen LogP contribution in [0.2, 0.25) is 0 Å². The topological polar surface area (TPSA) is 80.1 Å². The van der Waals surface area contributed by atoms with Crippen molar-refractivity contribution >= 4 is 11.8 Å². The fourth-order valence-electron chi connectivity index (χ4n) is 5.36. The van der Waals surface area contributed by atoms with Crippen molar-refractivity contribution in [1.29, 1.82) is 0 Å². The zero-order valence-electron chi connectivity index (χ0n) is 19.7. The number of carboxylic acid groups (broad SMARTS) is 1. The van der Waals surface area contributed by atoms with Crippen molar-refractivity contribution in [3.8, 4) is 16.9 Å². The first-order chi connectivity index (χ1) is 16.0. The van der Waals surface area contributed by atoms with Crippen LogP contribution >= 0.6 is 0 Å². The van der Waals surface area contributed by atoms with Gasteiger partial charge in [-0.25, -0.2) is 4.79 Å². The van der Waals surface area contributed by atoms with Crippen molar-refractivity contribution in [1.82, 2.24) is 14.7 Å². The summed E-state index contributed by atoms with van der Waals surface area (Å²) in [6, 6.07) is 4.09. The first-order valence-corrected chi connectivity index (χ1v) is 12.1. The van der Waals surface area contributed by atoms with Crippen LogP contribution in [0.3, 0.4) is 0 Å². The zero-order chi connectivity index (χ0) is 23.1. The highest BCUT2D eigenvalue weighted by Crippen LogP contribution is 2.44. The molecule has 1 saturated carbocycles. The smallest absolute Gasteiger partial charge is 0.412 e. The second-order valence-electron chi connectivity index (χ2n) is 9.75. The summed E-state index contributed by atoms with van der Waals surface area (Å²) in [5.74, 6) is 0.835. The zero-order valence-corrected chi connectivity index (χ0v) is 19.7. The first kappa shape index (κ1) is 22.2. The number of nitrogens with zero attached hydrogens (tertiary/aromatic N) is 4. The molecule has 178 valence electrons. The molecule has 2 aromatic rings. The molecule has 1 aromatic carbocycles. The van der Waals surface area contributed by atoms with Crippen LogP contribution in [-0.2, 0) is 11.2 Å². The minimum atomic E-state index is -0.911. The van der Waals surface area contributed by atoms with E-state index in [0.29, 0.717) is 0 Å². The Labute approximate surface area is 195 Å². The van der Waals surface area contributed by atoms with Crippen molar-refractivity contribution in [2.45, 2.75) is 69.7 Å². The number of likely N-dealkylation sites (tertiary alicyclic amines) is 1. The monoisotopic (exact) mass is 454 g/mol. The van der Waals surface area contributed by atoms with Crippen LogP contribution in [0.15, 0.2) is 24.5 Å². The van der Waals surface area contributed by atoms with Gasteiger partial charge in [0.15, 0.2) is 0 Å². The maximum atomic E-state index is 12.0. The fraction of sp³-hybridized carbons (Fsp3) is 0.600. The lowest BCUT2D eigenvalue weighted by atomic mass is 9.91. The molecule has 8 heteroatoms. The van der Waals surface area contributed by atoms with Crippen molar-refractivity contribution < 1.29 is 19.4 Å². The SMILES string of the molecule is COC1CN(C)CCC1n1cc(-c2ccc3c(c2OC2CCC2)CCC(C)N3C(=O)O)cn1. The van der Waals surface area contributed by atoms with E-state index in [4.69, 9.17) is 14.6 Å². The summed E-state index contributed by atoms with van der Waals surface area (Å²) < 4.78 is 14.3. The molecule has 1 N–H and O–H groups in total. The number of carbonyl (C=O) groups is 1. The normalized spacial score (nSPS) is 26.0. The molecule has 1 saturated heterocycles. The van der Waals surface area contributed by atoms with E-state index in [1.807, 2.05) is 29.9 Å². The third kappa shape index (κ3) is 4.10. The molecule has 2 aliphatic heterocycles. The number of piperidine rings is 1. The van der Waals surface area contributed by atoms with E-state index < -0.39 is 6.09 Å². The molecule has 3 heterocycles. The van der Waals surface area contributed by atoms with Gasteiger partial charge < -0.3 is 19.5 Å². The lowest BCUT2D eigenvalue weighted by Crippen LogP contribution is -2.43. The molecule has 0 bridgehead atoms. The molecule has 8 nitrogen and oxygen atoms in total. The third-order valence-electron chi connectivity index (χ3n) is 7.57. The van der Waals surface area contributed by atoms with Gasteiger partial charge in [-0.2, -0.15) is 5.10 Å². The standard InChI is InChI=1S/C25H34N4O4/c1-16-7-8-20-21(29(16)25(30)31)10-9-19(24(20)33-18-5-4-6-18)17-13-26-28(14-17)22-11-12-27(2)15-23(22)32-3/h9-10,13-14,16,18,22-23H,4-8,11-12,15H2,1-3H3,(H,30,31). The van der Waals surface area contributed by atoms with Gasteiger partial charge in [-0.3, -0.25) is 9.58 Å². The number of rotatable bonds is 5. The highest BCUT2D eigenvalue weighted by molar-refractivity contribution is 5.91. The van der Waals surface area contributed by atoms with E-state index >= 15 is 0 Å². The molecule has 0 spiro atoms. The number of hydrogen-bond acceptors (Lipinski definition) is 5. The van der Waals surface area contributed by atoms with E-state index in [9.17, 15) is 9.90 Å². The van der Waals surface area contributed by atoms with Crippen LogP contribution < -0.4 is 9.64 Å². The minimum Gasteiger partial charge on any atom is -0.489 e. The summed E-state index contributed by atoms with van der Waals surface area (Å²) in [6.07, 6.45) is 9.24. The molecule has 3 atom stereocenters. The number of anilines is 1. The Morgan fingerprint density at radius 2 is 2.03 bits per heavy atom. The van der Waals surface area contributed by atoms with Gasteiger partial charge >= 0.3 is 6.09 Å². The number of likely N-dealkylation sites (N-methyl/N-ethyl adjacent to an activating group) is 1. The van der Waals surface area contributed by atoms with Crippen LogP contribution in [0.1, 0.15) is 50.6 Å². The lowest BCUT2D eigenvalue weighted by molar-refractivity contribution is -0.00195. The maximum Gasteiger partial charge on any atom is 0.412 e. The summed E-state index contributed by atoms with van der Waals surface area (Å²) in [5, 5.41) is 14.6. The molecular weight excluding hydrogens is 420 g/mol. The molecule has 3 aliphatic rings. The predicted molar refractivity (Wildman–Crippen MR) is 126 cm³/mol. The molecule has 1 aliphatic carbocycles. The van der Waals surface area contributed by atoms with Gasteiger partial charge in [0.05, 0.1) is 30.1 Å². The first-order valence-electron chi connectivity index (χ1n) is 12.1. The number of ether oxygens (including phenoxy) is 2. The Bertz CT molecular complexity index is 1020. The van der Waals surface area contributed by atoms with Crippen molar-refractivity contribution in [2.24, 2.45) is 0 Å². The van der Waals surface area contributed by atoms with Crippen LogP contribution in [0.25, 0.3) is 11.1 Å². The average Bonchev–Trinajstić information content (AvgIpc) is 3.25. The van der Waals surface area contributed by atoms with Gasteiger partial charge in [-0.05, 0) is 64.6 Å². The summed E-state index contributed by atoms with van der Waals surface area (Å²) >= 11 is 0. The second kappa shape index (κ2) is 8.99. The van der Waals surface area contributed by atoms with Crippen LogP contribution in [0, 0.1) is 0 Å². The maximum absolute atomic E-state index is 12.0. The van der Waals surface area contributed by atoms with Gasteiger partial charge in [0.1, 0.15) is 5.75 Å². The Morgan fingerprint density at radius 1 is 1.21 bits per heavy atom. The van der Waals surface area contributed by atoms with E-state index in [1.54, 1.807) is 7.11 Å². The van der Waals surface area contributed by atoms with E-state index in [1.165, 1.54) is 11.3 Å². The number of benzene rings is 1. The van der Waals surface area contributed by atoms with Gasteiger partial charge in [-0.1, -0.05) is 0 Å². The molecule has 33 heavy (non-hydrogen) atoms. The molecule has 5 rings (SSSR count). The predicted octanol–water partition coefficient (Wildman–Crippen LogP) is 4.19. The number of methoxy groups -OCH3 is 1. The summed E-state index contributed by atoms with van der Waals surface area (Å²) in [6.45, 7) is 3.86. The molecular formula is C25H34N4O4. The molecule has 3 unspecified atom stereocenters. The van der Waals surface area contributed by atoms with Gasteiger partial charge in [-0.15, -0.1) is 0 Å². The Hall–Kier alpha value is -2.58. The largest absolute Gasteiger partial charge is 0.489 e. The van der Waals surface area contributed by atoms with Crippen molar-refractivity contribution in [2.75, 3.05) is 32.1 Å². The highest BCUT2D eigenvalue weighted by atomic mass is 16.5. The number of aromatic nitrogens is 2. The fourth-order valence-corrected chi connectivity index (χ4v) is 5.36. The van der Waals surface area contributed by atoms with E-state index in [2.05, 4.69) is 18.1 Å². The summed E-state index contributed by atoms with van der Waals surface area (Å²) in [4.78, 5) is 15.8. The quantitative estimate of drug-likeness (QED) is 0.730. The Kier molecular flexibility index (Phi) is 6.05. The van der Waals surface area contributed by atoms with E-state index in [0.717, 1.165) is 73.3 Å². The van der Waals surface area contributed by atoms with Crippen molar-refractivity contribution in [3.05, 3.63) is 30.1 Å². The van der Waals surface area contributed by atoms with Crippen LogP contribution in [-0.4, -0.2) is 71.4 Å². The second-order valence-corrected chi connectivity index (χ2v) is 9.75. The highest BCUT2D eigenvalue weighted by Gasteiger charge is 2.34. The van der Waals surface area contributed by atoms with Crippen molar-refractivity contribution in [3.63, 3.8) is 0 Å². The van der Waals surface area contributed by atoms with Gasteiger partial charge in [0.25, 0.3) is 0 Å². The third-order valence-corrected chi connectivity index (χ3v) is 7.57. The number of amides is 1. The Balaban J connectivity index is 1.53. The van der Waals surface area contributed by atoms with Crippen LogP contribution in [0.4, 0.5) is 10.5 Å². The lowest BCUT2D eigenvalue weighted by Gasteiger charge is -2.36. The Morgan fingerprint density at radius 3 is 2.73 bits per heavy atom. The molecule has 0 radical (unpaired) electrons. The summed E-state index contributed by atoms with van der Waals surface area (Å²) in [5.41, 5.74) is 3.75. The number of fused-ring (bicyclic) bond motifs is 1. The average molecular weight is 455 g/mol.